The number of benzene rings is 1. The molecule has 5 nitrogen and oxygen atoms in total. The minimum Gasteiger partial charge on any atom is -0.369 e. The van der Waals surface area contributed by atoms with Gasteiger partial charge in [0.15, 0.2) is 0 Å². The molecule has 5 heteroatoms. The third kappa shape index (κ3) is 2.48. The van der Waals surface area contributed by atoms with Crippen LogP contribution in [0.15, 0.2) is 24.3 Å². The molecule has 1 fully saturated rings. The molecule has 0 saturated carbocycles. The maximum absolute atomic E-state index is 12.2. The number of imidazole rings is 1. The van der Waals surface area contributed by atoms with Gasteiger partial charge in [0.25, 0.3) is 0 Å². The Morgan fingerprint density at radius 3 is 2.75 bits per heavy atom. The summed E-state index contributed by atoms with van der Waals surface area (Å²) in [5.74, 6) is 0.708. The van der Waals surface area contributed by atoms with Crippen molar-refractivity contribution in [2.75, 3.05) is 18.8 Å². The summed E-state index contributed by atoms with van der Waals surface area (Å²) < 4.78 is 1.93. The molecule has 2 aromatic rings. The van der Waals surface area contributed by atoms with Crippen molar-refractivity contribution in [2.24, 2.45) is 0 Å². The predicted octanol–water partition coefficient (Wildman–Crippen LogP) is 2.02. The number of likely N-dealkylation sites (tertiary alicyclic amines) is 1. The first-order valence-electron chi connectivity index (χ1n) is 7.24. The number of nitrogens with two attached hydrogens (primary N) is 1. The summed E-state index contributed by atoms with van der Waals surface area (Å²) in [5.41, 5.74) is 7.83. The minimum absolute atomic E-state index is 0.224. The lowest BCUT2D eigenvalue weighted by atomic mass is 10.1. The summed E-state index contributed by atoms with van der Waals surface area (Å²) in [6, 6.07) is 7.84. The van der Waals surface area contributed by atoms with Gasteiger partial charge in [-0.15, -0.1) is 0 Å². The first-order valence-corrected chi connectivity index (χ1v) is 7.24. The van der Waals surface area contributed by atoms with E-state index in [1.54, 1.807) is 0 Å². The Morgan fingerprint density at radius 1 is 1.20 bits per heavy atom. The Labute approximate surface area is 118 Å². The average Bonchev–Trinajstić information content (AvgIpc) is 2.81. The molecule has 2 N–H and O–H groups in total. The van der Waals surface area contributed by atoms with Gasteiger partial charge in [0.05, 0.1) is 11.0 Å². The highest BCUT2D eigenvalue weighted by atomic mass is 16.2. The molecule has 0 unspecified atom stereocenters. The van der Waals surface area contributed by atoms with Gasteiger partial charge in [0, 0.05) is 26.1 Å². The molecule has 0 radical (unpaired) electrons. The third-order valence-corrected chi connectivity index (χ3v) is 3.94. The standard InChI is InChI=1S/C15H20N4O/c16-15-17-12-6-2-3-7-13(12)19(15)11-8-14(20)18-9-4-1-5-10-18/h2-3,6-7H,1,4-5,8-11H2,(H2,16,17). The number of amides is 1. The van der Waals surface area contributed by atoms with Crippen molar-refractivity contribution >= 4 is 22.9 Å². The molecule has 0 bridgehead atoms. The number of nitrogen functional groups attached to an aromatic ring is 1. The fourth-order valence-electron chi connectivity index (χ4n) is 2.84. The quantitative estimate of drug-likeness (QED) is 0.929. The second kappa shape index (κ2) is 5.53. The van der Waals surface area contributed by atoms with Crippen LogP contribution in [0.1, 0.15) is 25.7 Å². The fourth-order valence-corrected chi connectivity index (χ4v) is 2.84. The highest BCUT2D eigenvalue weighted by molar-refractivity contribution is 5.79. The number of fused-ring (bicyclic) bond motifs is 1. The van der Waals surface area contributed by atoms with E-state index in [4.69, 9.17) is 5.73 Å². The van der Waals surface area contributed by atoms with E-state index in [0.717, 1.165) is 37.0 Å². The summed E-state index contributed by atoms with van der Waals surface area (Å²) in [7, 11) is 0. The molecular weight excluding hydrogens is 252 g/mol. The number of piperidine rings is 1. The van der Waals surface area contributed by atoms with Crippen LogP contribution >= 0.6 is 0 Å². The fraction of sp³-hybridized carbons (Fsp3) is 0.467. The number of rotatable bonds is 3. The molecule has 1 aliphatic heterocycles. The van der Waals surface area contributed by atoms with E-state index >= 15 is 0 Å². The third-order valence-electron chi connectivity index (χ3n) is 3.94. The second-order valence-electron chi connectivity index (χ2n) is 5.30. The number of nitrogens with zero attached hydrogens (tertiary/aromatic N) is 3. The topological polar surface area (TPSA) is 64.1 Å². The SMILES string of the molecule is Nc1nc2ccccc2n1CCC(=O)N1CCCCC1. The molecule has 0 aliphatic carbocycles. The van der Waals surface area contributed by atoms with Crippen LogP contribution in [0, 0.1) is 0 Å². The lowest BCUT2D eigenvalue weighted by Gasteiger charge is -2.26. The Hall–Kier alpha value is -2.04. The van der Waals surface area contributed by atoms with Crippen molar-refractivity contribution in [3.63, 3.8) is 0 Å². The van der Waals surface area contributed by atoms with E-state index in [1.807, 2.05) is 33.7 Å². The number of anilines is 1. The molecule has 20 heavy (non-hydrogen) atoms. The zero-order valence-corrected chi connectivity index (χ0v) is 11.6. The molecule has 2 heterocycles. The molecule has 1 aromatic carbocycles. The van der Waals surface area contributed by atoms with Crippen LogP contribution in [0.5, 0.6) is 0 Å². The molecule has 1 amide bonds. The highest BCUT2D eigenvalue weighted by Crippen LogP contribution is 2.18. The van der Waals surface area contributed by atoms with Gasteiger partial charge in [0.1, 0.15) is 0 Å². The van der Waals surface area contributed by atoms with Crippen molar-refractivity contribution in [2.45, 2.75) is 32.2 Å². The average molecular weight is 272 g/mol. The summed E-state index contributed by atoms with van der Waals surface area (Å²) in [6.45, 7) is 2.40. The zero-order valence-electron chi connectivity index (χ0n) is 11.6. The summed E-state index contributed by atoms with van der Waals surface area (Å²) >= 11 is 0. The monoisotopic (exact) mass is 272 g/mol. The predicted molar refractivity (Wildman–Crippen MR) is 79.2 cm³/mol. The largest absolute Gasteiger partial charge is 0.369 e. The number of carbonyl (C=O) groups excluding carboxylic acids is 1. The van der Waals surface area contributed by atoms with Gasteiger partial charge in [-0.25, -0.2) is 4.98 Å². The smallest absolute Gasteiger partial charge is 0.224 e. The summed E-state index contributed by atoms with van der Waals surface area (Å²) in [4.78, 5) is 18.5. The molecule has 3 rings (SSSR count). The minimum atomic E-state index is 0.224. The van der Waals surface area contributed by atoms with E-state index in [2.05, 4.69) is 4.98 Å². The second-order valence-corrected chi connectivity index (χ2v) is 5.30. The number of hydrogen-bond acceptors (Lipinski definition) is 3. The first-order chi connectivity index (χ1) is 9.75. The lowest BCUT2D eigenvalue weighted by Crippen LogP contribution is -2.36. The highest BCUT2D eigenvalue weighted by Gasteiger charge is 2.17. The molecule has 106 valence electrons. The van der Waals surface area contributed by atoms with Crippen LogP contribution in [-0.2, 0) is 11.3 Å². The van der Waals surface area contributed by atoms with Crippen molar-refractivity contribution in [1.82, 2.24) is 14.5 Å². The van der Waals surface area contributed by atoms with Gasteiger partial charge in [-0.2, -0.15) is 0 Å². The normalized spacial score (nSPS) is 15.7. The number of carbonyl (C=O) groups is 1. The number of hydrogen-bond donors (Lipinski definition) is 1. The van der Waals surface area contributed by atoms with Gasteiger partial charge < -0.3 is 15.2 Å². The molecule has 0 atom stereocenters. The van der Waals surface area contributed by atoms with Crippen LogP contribution < -0.4 is 5.73 Å². The van der Waals surface area contributed by atoms with Crippen LogP contribution in [0.3, 0.4) is 0 Å². The number of aryl methyl sites for hydroxylation is 1. The van der Waals surface area contributed by atoms with Crippen molar-refractivity contribution in [3.05, 3.63) is 24.3 Å². The van der Waals surface area contributed by atoms with Crippen LogP contribution in [0.2, 0.25) is 0 Å². The molecular formula is C15H20N4O. The van der Waals surface area contributed by atoms with Crippen LogP contribution in [0.25, 0.3) is 11.0 Å². The molecule has 1 aromatic heterocycles. The van der Waals surface area contributed by atoms with Gasteiger partial charge in [0.2, 0.25) is 11.9 Å². The van der Waals surface area contributed by atoms with E-state index in [0.29, 0.717) is 18.9 Å². The van der Waals surface area contributed by atoms with Crippen molar-refractivity contribution in [3.8, 4) is 0 Å². The van der Waals surface area contributed by atoms with E-state index in [-0.39, 0.29) is 5.91 Å². The van der Waals surface area contributed by atoms with Crippen LogP contribution in [0.4, 0.5) is 5.95 Å². The lowest BCUT2D eigenvalue weighted by molar-refractivity contribution is -0.132. The Kier molecular flexibility index (Phi) is 3.58. The number of aromatic nitrogens is 2. The maximum Gasteiger partial charge on any atom is 0.224 e. The first kappa shape index (κ1) is 13.0. The number of para-hydroxylation sites is 2. The van der Waals surface area contributed by atoms with E-state index < -0.39 is 0 Å². The Morgan fingerprint density at radius 2 is 1.95 bits per heavy atom. The summed E-state index contributed by atoms with van der Waals surface area (Å²) in [5, 5.41) is 0. The van der Waals surface area contributed by atoms with Gasteiger partial charge in [-0.1, -0.05) is 12.1 Å². The van der Waals surface area contributed by atoms with Gasteiger partial charge >= 0.3 is 0 Å². The van der Waals surface area contributed by atoms with Crippen molar-refractivity contribution in [1.29, 1.82) is 0 Å². The molecule has 1 saturated heterocycles. The maximum atomic E-state index is 12.2. The molecule has 0 spiro atoms. The van der Waals surface area contributed by atoms with E-state index in [9.17, 15) is 4.79 Å². The summed E-state index contributed by atoms with van der Waals surface area (Å²) in [6.07, 6.45) is 3.98. The van der Waals surface area contributed by atoms with Crippen molar-refractivity contribution < 1.29 is 4.79 Å². The van der Waals surface area contributed by atoms with Crippen LogP contribution in [-0.4, -0.2) is 33.4 Å². The van der Waals surface area contributed by atoms with E-state index in [1.165, 1.54) is 6.42 Å². The van der Waals surface area contributed by atoms with Gasteiger partial charge in [-0.3, -0.25) is 4.79 Å². The Balaban J connectivity index is 1.70. The molecule has 1 aliphatic rings. The van der Waals surface area contributed by atoms with Gasteiger partial charge in [-0.05, 0) is 31.4 Å². The Bertz CT molecular complexity index is 613. The zero-order chi connectivity index (χ0) is 13.9.